The molecule has 1 aliphatic carbocycles. The van der Waals surface area contributed by atoms with Gasteiger partial charge in [-0.05, 0) is 32.1 Å². The molecule has 0 amide bonds. The van der Waals surface area contributed by atoms with Crippen LogP contribution in [-0.4, -0.2) is 37.0 Å². The number of aliphatic hydroxyl groups is 1. The molecule has 1 rings (SSSR count). The SMILES string of the molecule is CCCCCCOCC(O)CNC(C)C1CC1. The lowest BCUT2D eigenvalue weighted by molar-refractivity contribution is 0.0341. The second-order valence-corrected chi connectivity index (χ2v) is 5.32. The third-order valence-electron chi connectivity index (χ3n) is 3.46. The van der Waals surface area contributed by atoms with E-state index in [9.17, 15) is 5.11 Å². The molecular formula is C14H29NO2. The van der Waals surface area contributed by atoms with Crippen LogP contribution in [0.4, 0.5) is 0 Å². The van der Waals surface area contributed by atoms with Crippen molar-refractivity contribution in [1.82, 2.24) is 5.32 Å². The van der Waals surface area contributed by atoms with E-state index >= 15 is 0 Å². The predicted octanol–water partition coefficient (Wildman–Crippen LogP) is 2.33. The fourth-order valence-corrected chi connectivity index (χ4v) is 1.99. The first-order valence-electron chi connectivity index (χ1n) is 7.23. The molecule has 0 heterocycles. The van der Waals surface area contributed by atoms with Gasteiger partial charge in [0, 0.05) is 19.2 Å². The van der Waals surface area contributed by atoms with Gasteiger partial charge in [0.15, 0.2) is 0 Å². The van der Waals surface area contributed by atoms with Crippen molar-refractivity contribution in [2.75, 3.05) is 19.8 Å². The summed E-state index contributed by atoms with van der Waals surface area (Å²) >= 11 is 0. The van der Waals surface area contributed by atoms with Crippen LogP contribution < -0.4 is 5.32 Å². The summed E-state index contributed by atoms with van der Waals surface area (Å²) in [5.74, 6) is 0.845. The van der Waals surface area contributed by atoms with Gasteiger partial charge in [-0.15, -0.1) is 0 Å². The molecule has 3 heteroatoms. The van der Waals surface area contributed by atoms with Gasteiger partial charge < -0.3 is 15.2 Å². The summed E-state index contributed by atoms with van der Waals surface area (Å²) < 4.78 is 5.46. The normalized spacial score (nSPS) is 19.2. The van der Waals surface area contributed by atoms with E-state index in [1.807, 2.05) is 0 Å². The minimum atomic E-state index is -0.359. The topological polar surface area (TPSA) is 41.5 Å². The number of ether oxygens (including phenoxy) is 1. The number of rotatable bonds is 11. The van der Waals surface area contributed by atoms with Crippen molar-refractivity contribution in [2.45, 2.75) is 64.5 Å². The van der Waals surface area contributed by atoms with Crippen molar-refractivity contribution in [3.63, 3.8) is 0 Å². The highest BCUT2D eigenvalue weighted by Gasteiger charge is 2.27. The van der Waals surface area contributed by atoms with Gasteiger partial charge in [0.2, 0.25) is 0 Å². The van der Waals surface area contributed by atoms with E-state index in [2.05, 4.69) is 19.2 Å². The molecule has 0 saturated heterocycles. The molecule has 2 unspecified atom stereocenters. The third-order valence-corrected chi connectivity index (χ3v) is 3.46. The smallest absolute Gasteiger partial charge is 0.0897 e. The van der Waals surface area contributed by atoms with Crippen LogP contribution in [0.2, 0.25) is 0 Å². The Morgan fingerprint density at radius 3 is 2.71 bits per heavy atom. The van der Waals surface area contributed by atoms with Gasteiger partial charge in [-0.25, -0.2) is 0 Å². The van der Waals surface area contributed by atoms with Crippen LogP contribution in [0.25, 0.3) is 0 Å². The van der Waals surface area contributed by atoms with E-state index in [-0.39, 0.29) is 6.10 Å². The molecule has 1 fully saturated rings. The van der Waals surface area contributed by atoms with Gasteiger partial charge in [0.1, 0.15) is 0 Å². The first-order chi connectivity index (χ1) is 8.24. The minimum Gasteiger partial charge on any atom is -0.389 e. The van der Waals surface area contributed by atoms with Gasteiger partial charge in [-0.2, -0.15) is 0 Å². The Hall–Kier alpha value is -0.120. The maximum absolute atomic E-state index is 9.72. The van der Waals surface area contributed by atoms with Crippen LogP contribution in [0.1, 0.15) is 52.4 Å². The summed E-state index contributed by atoms with van der Waals surface area (Å²) in [5.41, 5.74) is 0. The second kappa shape index (κ2) is 8.90. The molecule has 1 saturated carbocycles. The summed E-state index contributed by atoms with van der Waals surface area (Å²) in [4.78, 5) is 0. The Kier molecular flexibility index (Phi) is 7.82. The standard InChI is InChI=1S/C14H29NO2/c1-3-4-5-6-9-17-11-14(16)10-15-12(2)13-7-8-13/h12-16H,3-11H2,1-2H3. The average Bonchev–Trinajstić information content (AvgIpc) is 3.14. The van der Waals surface area contributed by atoms with Gasteiger partial charge in [0.05, 0.1) is 12.7 Å². The van der Waals surface area contributed by atoms with Crippen molar-refractivity contribution < 1.29 is 9.84 Å². The fourth-order valence-electron chi connectivity index (χ4n) is 1.99. The average molecular weight is 243 g/mol. The lowest BCUT2D eigenvalue weighted by atomic mass is 10.2. The van der Waals surface area contributed by atoms with E-state index < -0.39 is 0 Å². The zero-order valence-corrected chi connectivity index (χ0v) is 11.5. The molecule has 2 N–H and O–H groups in total. The van der Waals surface area contributed by atoms with Gasteiger partial charge in [-0.1, -0.05) is 26.2 Å². The van der Waals surface area contributed by atoms with Crippen LogP contribution in [0, 0.1) is 5.92 Å². The van der Waals surface area contributed by atoms with Gasteiger partial charge in [-0.3, -0.25) is 0 Å². The Bertz CT molecular complexity index is 183. The maximum Gasteiger partial charge on any atom is 0.0897 e. The molecule has 0 aromatic heterocycles. The first kappa shape index (κ1) is 14.9. The van der Waals surface area contributed by atoms with Crippen molar-refractivity contribution in [2.24, 2.45) is 5.92 Å². The molecule has 0 bridgehead atoms. The Labute approximate surface area is 106 Å². The van der Waals surface area contributed by atoms with E-state index in [4.69, 9.17) is 4.74 Å². The van der Waals surface area contributed by atoms with Gasteiger partial charge >= 0.3 is 0 Å². The Morgan fingerprint density at radius 1 is 1.29 bits per heavy atom. The molecule has 0 aromatic rings. The molecule has 17 heavy (non-hydrogen) atoms. The van der Waals surface area contributed by atoms with E-state index in [1.54, 1.807) is 0 Å². The molecule has 0 aliphatic heterocycles. The molecule has 0 spiro atoms. The number of hydrogen-bond acceptors (Lipinski definition) is 3. The number of aliphatic hydroxyl groups excluding tert-OH is 1. The summed E-state index contributed by atoms with van der Waals surface area (Å²) in [6, 6.07) is 0.550. The number of unbranched alkanes of at least 4 members (excludes halogenated alkanes) is 3. The van der Waals surface area contributed by atoms with Gasteiger partial charge in [0.25, 0.3) is 0 Å². The summed E-state index contributed by atoms with van der Waals surface area (Å²) in [6.45, 7) is 6.33. The molecule has 0 radical (unpaired) electrons. The van der Waals surface area contributed by atoms with Crippen LogP contribution >= 0.6 is 0 Å². The highest BCUT2D eigenvalue weighted by atomic mass is 16.5. The van der Waals surface area contributed by atoms with Crippen LogP contribution in [-0.2, 0) is 4.74 Å². The Balaban J connectivity index is 1.84. The molecule has 0 aromatic carbocycles. The highest BCUT2D eigenvalue weighted by molar-refractivity contribution is 4.83. The quantitative estimate of drug-likeness (QED) is 0.547. The molecule has 3 nitrogen and oxygen atoms in total. The van der Waals surface area contributed by atoms with E-state index in [0.717, 1.165) is 18.9 Å². The Morgan fingerprint density at radius 2 is 2.06 bits per heavy atom. The van der Waals surface area contributed by atoms with Crippen molar-refractivity contribution in [3.8, 4) is 0 Å². The second-order valence-electron chi connectivity index (χ2n) is 5.32. The van der Waals surface area contributed by atoms with Crippen LogP contribution in [0.15, 0.2) is 0 Å². The maximum atomic E-state index is 9.72. The molecule has 1 aliphatic rings. The van der Waals surface area contributed by atoms with Crippen molar-refractivity contribution in [1.29, 1.82) is 0 Å². The number of nitrogens with one attached hydrogen (secondary N) is 1. The zero-order chi connectivity index (χ0) is 12.5. The van der Waals surface area contributed by atoms with Crippen molar-refractivity contribution >= 4 is 0 Å². The number of hydrogen-bond donors (Lipinski definition) is 2. The largest absolute Gasteiger partial charge is 0.389 e. The van der Waals surface area contributed by atoms with Crippen molar-refractivity contribution in [3.05, 3.63) is 0 Å². The molecular weight excluding hydrogens is 214 g/mol. The molecule has 2 atom stereocenters. The zero-order valence-electron chi connectivity index (χ0n) is 11.5. The first-order valence-corrected chi connectivity index (χ1v) is 7.23. The van der Waals surface area contributed by atoms with E-state index in [0.29, 0.717) is 19.2 Å². The summed E-state index contributed by atoms with van der Waals surface area (Å²) in [6.07, 6.45) is 7.23. The van der Waals surface area contributed by atoms with E-state index in [1.165, 1.54) is 32.1 Å². The lowest BCUT2D eigenvalue weighted by Crippen LogP contribution is -2.37. The highest BCUT2D eigenvalue weighted by Crippen LogP contribution is 2.32. The lowest BCUT2D eigenvalue weighted by Gasteiger charge is -2.16. The summed E-state index contributed by atoms with van der Waals surface area (Å²) in [5, 5.41) is 13.1. The third kappa shape index (κ3) is 7.74. The van der Waals surface area contributed by atoms with Crippen LogP contribution in [0.3, 0.4) is 0 Å². The monoisotopic (exact) mass is 243 g/mol. The predicted molar refractivity (Wildman–Crippen MR) is 71.2 cm³/mol. The van der Waals surface area contributed by atoms with Crippen LogP contribution in [0.5, 0.6) is 0 Å². The minimum absolute atomic E-state index is 0.359. The molecule has 102 valence electrons. The summed E-state index contributed by atoms with van der Waals surface area (Å²) in [7, 11) is 0. The fraction of sp³-hybridized carbons (Fsp3) is 1.00.